The van der Waals surface area contributed by atoms with Gasteiger partial charge in [0.1, 0.15) is 0 Å². The van der Waals surface area contributed by atoms with Crippen molar-refractivity contribution in [2.45, 2.75) is 19.3 Å². The minimum atomic E-state index is -0.380. The molecule has 2 aliphatic rings. The van der Waals surface area contributed by atoms with Crippen molar-refractivity contribution in [3.05, 3.63) is 23.1 Å². The van der Waals surface area contributed by atoms with Gasteiger partial charge in [-0.15, -0.1) is 0 Å². The largest absolute Gasteiger partial charge is 0.381 e. The number of halogens is 2. The van der Waals surface area contributed by atoms with E-state index in [1.54, 1.807) is 0 Å². The highest BCUT2D eigenvalue weighted by molar-refractivity contribution is 6.30. The highest BCUT2D eigenvalue weighted by Crippen LogP contribution is 2.26. The van der Waals surface area contributed by atoms with Crippen molar-refractivity contribution in [1.82, 2.24) is 9.88 Å². The predicted molar refractivity (Wildman–Crippen MR) is 90.7 cm³/mol. The van der Waals surface area contributed by atoms with Crippen LogP contribution in [0.3, 0.4) is 0 Å². The number of amides is 1. The molecule has 0 radical (unpaired) electrons. The first-order valence-electron chi connectivity index (χ1n) is 8.43. The Morgan fingerprint density at radius 1 is 1.46 bits per heavy atom. The molecule has 0 aliphatic carbocycles. The second-order valence-electron chi connectivity index (χ2n) is 6.67. The van der Waals surface area contributed by atoms with Gasteiger partial charge in [0, 0.05) is 39.5 Å². The van der Waals surface area contributed by atoms with Crippen LogP contribution in [0, 0.1) is 17.7 Å². The number of carbonyl (C=O) groups excluding carboxylic acids is 1. The summed E-state index contributed by atoms with van der Waals surface area (Å²) in [7, 11) is 1.87. The molecule has 1 aromatic rings. The Labute approximate surface area is 146 Å². The van der Waals surface area contributed by atoms with Crippen LogP contribution in [0.1, 0.15) is 19.3 Å². The fourth-order valence-electron chi connectivity index (χ4n) is 3.49. The number of carbonyl (C=O) groups is 1. The van der Waals surface area contributed by atoms with Gasteiger partial charge in [-0.2, -0.15) is 0 Å². The van der Waals surface area contributed by atoms with Crippen LogP contribution in [-0.2, 0) is 9.53 Å². The Bertz CT molecular complexity index is 587. The summed E-state index contributed by atoms with van der Waals surface area (Å²) in [5.74, 6) is 0.621. The van der Waals surface area contributed by atoms with Gasteiger partial charge in [-0.1, -0.05) is 11.6 Å². The van der Waals surface area contributed by atoms with E-state index in [0.29, 0.717) is 30.0 Å². The summed E-state index contributed by atoms with van der Waals surface area (Å²) in [4.78, 5) is 20.2. The van der Waals surface area contributed by atoms with Gasteiger partial charge in [-0.25, -0.2) is 9.37 Å². The maximum Gasteiger partial charge on any atom is 0.227 e. The van der Waals surface area contributed by atoms with Crippen LogP contribution in [0.15, 0.2) is 12.3 Å². The first-order valence-corrected chi connectivity index (χ1v) is 8.81. The van der Waals surface area contributed by atoms with Crippen LogP contribution in [0.4, 0.5) is 10.2 Å². The minimum absolute atomic E-state index is 0.0162. The smallest absolute Gasteiger partial charge is 0.227 e. The number of rotatable bonds is 4. The lowest BCUT2D eigenvalue weighted by Gasteiger charge is -2.35. The van der Waals surface area contributed by atoms with Crippen LogP contribution < -0.4 is 4.90 Å². The van der Waals surface area contributed by atoms with E-state index >= 15 is 0 Å². The molecular formula is C17H23ClFN3O2. The number of nitrogens with zero attached hydrogens (tertiary/aromatic N) is 3. The molecule has 24 heavy (non-hydrogen) atoms. The van der Waals surface area contributed by atoms with Crippen molar-refractivity contribution in [3.8, 4) is 0 Å². The fourth-order valence-corrected chi connectivity index (χ4v) is 3.63. The third-order valence-corrected chi connectivity index (χ3v) is 5.10. The van der Waals surface area contributed by atoms with Crippen LogP contribution in [0.2, 0.25) is 5.02 Å². The molecule has 3 heterocycles. The van der Waals surface area contributed by atoms with Gasteiger partial charge in [0.25, 0.3) is 0 Å². The van der Waals surface area contributed by atoms with Gasteiger partial charge < -0.3 is 14.5 Å². The van der Waals surface area contributed by atoms with Gasteiger partial charge in [0.2, 0.25) is 5.91 Å². The number of hydrogen-bond donors (Lipinski definition) is 0. The molecular weight excluding hydrogens is 333 g/mol. The molecule has 1 unspecified atom stereocenters. The normalized spacial score (nSPS) is 22.0. The predicted octanol–water partition coefficient (Wildman–Crippen LogP) is 2.59. The van der Waals surface area contributed by atoms with Gasteiger partial charge in [-0.05, 0) is 31.2 Å². The van der Waals surface area contributed by atoms with Crippen LogP contribution in [0.25, 0.3) is 0 Å². The number of pyridine rings is 1. The molecule has 3 rings (SSSR count). The lowest BCUT2D eigenvalue weighted by Crippen LogP contribution is -2.41. The Hall–Kier alpha value is -1.40. The number of anilines is 1. The van der Waals surface area contributed by atoms with Crippen molar-refractivity contribution in [2.75, 3.05) is 44.8 Å². The van der Waals surface area contributed by atoms with E-state index in [-0.39, 0.29) is 17.6 Å². The SMILES string of the molecule is CN(CC1CCN(c2ncc(Cl)cc2F)CC1)C(=O)C1CCOC1. The maximum absolute atomic E-state index is 14.0. The first kappa shape index (κ1) is 17.4. The standard InChI is InChI=1S/C17H23ClFN3O2/c1-21(17(23)13-4-7-24-11-13)10-12-2-5-22(6-3-12)16-15(19)8-14(18)9-20-16/h8-9,12-13H,2-7,10-11H2,1H3. The average Bonchev–Trinajstić information content (AvgIpc) is 3.09. The molecule has 0 aromatic carbocycles. The zero-order chi connectivity index (χ0) is 17.1. The third kappa shape index (κ3) is 3.98. The molecule has 1 atom stereocenters. The third-order valence-electron chi connectivity index (χ3n) is 4.89. The average molecular weight is 356 g/mol. The zero-order valence-corrected chi connectivity index (χ0v) is 14.6. The summed E-state index contributed by atoms with van der Waals surface area (Å²) >= 11 is 5.75. The van der Waals surface area contributed by atoms with Crippen molar-refractivity contribution in [1.29, 1.82) is 0 Å². The molecule has 2 fully saturated rings. The Morgan fingerprint density at radius 3 is 2.83 bits per heavy atom. The monoisotopic (exact) mass is 355 g/mol. The number of piperidine rings is 1. The summed E-state index contributed by atoms with van der Waals surface area (Å²) in [6.07, 6.45) is 4.14. The van der Waals surface area contributed by atoms with E-state index < -0.39 is 0 Å². The van der Waals surface area contributed by atoms with E-state index in [1.807, 2.05) is 16.8 Å². The van der Waals surface area contributed by atoms with Gasteiger partial charge >= 0.3 is 0 Å². The van der Waals surface area contributed by atoms with E-state index in [2.05, 4.69) is 4.98 Å². The van der Waals surface area contributed by atoms with E-state index in [9.17, 15) is 9.18 Å². The lowest BCUT2D eigenvalue weighted by atomic mass is 9.95. The van der Waals surface area contributed by atoms with E-state index in [1.165, 1.54) is 12.3 Å². The zero-order valence-electron chi connectivity index (χ0n) is 13.9. The van der Waals surface area contributed by atoms with Gasteiger partial charge in [0.05, 0.1) is 17.5 Å². The molecule has 0 N–H and O–H groups in total. The number of hydrogen-bond acceptors (Lipinski definition) is 4. The minimum Gasteiger partial charge on any atom is -0.381 e. The highest BCUT2D eigenvalue weighted by atomic mass is 35.5. The summed E-state index contributed by atoms with van der Waals surface area (Å²) in [6, 6.07) is 1.30. The van der Waals surface area contributed by atoms with Crippen LogP contribution in [0.5, 0.6) is 0 Å². The molecule has 0 spiro atoms. The lowest BCUT2D eigenvalue weighted by molar-refractivity contribution is -0.134. The fraction of sp³-hybridized carbons (Fsp3) is 0.647. The Kier molecular flexibility index (Phi) is 5.56. The maximum atomic E-state index is 14.0. The number of aromatic nitrogens is 1. The van der Waals surface area contributed by atoms with Gasteiger partial charge in [0.15, 0.2) is 11.6 Å². The molecule has 2 aliphatic heterocycles. The molecule has 0 bridgehead atoms. The molecule has 1 aromatic heterocycles. The van der Waals surface area contributed by atoms with Crippen molar-refractivity contribution in [3.63, 3.8) is 0 Å². The first-order chi connectivity index (χ1) is 11.5. The quantitative estimate of drug-likeness (QED) is 0.832. The topological polar surface area (TPSA) is 45.7 Å². The highest BCUT2D eigenvalue weighted by Gasteiger charge is 2.29. The second-order valence-corrected chi connectivity index (χ2v) is 7.11. The summed E-state index contributed by atoms with van der Waals surface area (Å²) in [5.41, 5.74) is 0. The van der Waals surface area contributed by atoms with E-state index in [0.717, 1.165) is 38.9 Å². The summed E-state index contributed by atoms with van der Waals surface area (Å²) < 4.78 is 19.3. The van der Waals surface area contributed by atoms with Crippen LogP contribution >= 0.6 is 11.6 Å². The molecule has 7 heteroatoms. The van der Waals surface area contributed by atoms with Gasteiger partial charge in [-0.3, -0.25) is 4.79 Å². The van der Waals surface area contributed by atoms with E-state index in [4.69, 9.17) is 16.3 Å². The van der Waals surface area contributed by atoms with Crippen LogP contribution in [-0.4, -0.2) is 55.7 Å². The molecule has 1 amide bonds. The van der Waals surface area contributed by atoms with Crippen molar-refractivity contribution < 1.29 is 13.9 Å². The summed E-state index contributed by atoms with van der Waals surface area (Å²) in [5, 5.41) is 0.308. The van der Waals surface area contributed by atoms with Crippen molar-refractivity contribution in [2.24, 2.45) is 11.8 Å². The molecule has 5 nitrogen and oxygen atoms in total. The molecule has 132 valence electrons. The van der Waals surface area contributed by atoms with Crippen molar-refractivity contribution >= 4 is 23.3 Å². The molecule has 2 saturated heterocycles. The molecule has 0 saturated carbocycles. The summed E-state index contributed by atoms with van der Waals surface area (Å²) in [6.45, 7) is 3.46. The Balaban J connectivity index is 1.50. The second kappa shape index (κ2) is 7.66. The Morgan fingerprint density at radius 2 is 2.21 bits per heavy atom. The number of ether oxygens (including phenoxy) is 1.